The Kier molecular flexibility index (Phi) is 3.37. The van der Waals surface area contributed by atoms with Crippen LogP contribution in [0.2, 0.25) is 0 Å². The molecule has 0 amide bonds. The highest BCUT2D eigenvalue weighted by molar-refractivity contribution is 5.96. The molecule has 0 saturated carbocycles. The van der Waals surface area contributed by atoms with Gasteiger partial charge in [0.15, 0.2) is 0 Å². The smallest absolute Gasteiger partial charge is 0.336 e. The maximum absolute atomic E-state index is 12.6. The van der Waals surface area contributed by atoms with Crippen molar-refractivity contribution in [1.82, 2.24) is 0 Å². The Hall–Kier alpha value is -2.23. The molecule has 0 fully saturated rings. The van der Waals surface area contributed by atoms with Crippen molar-refractivity contribution >= 4 is 5.97 Å². The molecule has 92 valence electrons. The van der Waals surface area contributed by atoms with E-state index < -0.39 is 12.4 Å². The average molecular weight is 248 g/mol. The van der Waals surface area contributed by atoms with Gasteiger partial charge in [0.2, 0.25) is 0 Å². The molecule has 4 heteroatoms. The van der Waals surface area contributed by atoms with Crippen LogP contribution in [0.15, 0.2) is 48.5 Å². The van der Waals surface area contributed by atoms with Crippen molar-refractivity contribution in [1.29, 1.82) is 0 Å². The van der Waals surface area contributed by atoms with Crippen molar-refractivity contribution < 1.29 is 18.7 Å². The van der Waals surface area contributed by atoms with Gasteiger partial charge in [-0.2, -0.15) is 0 Å². The zero-order valence-electron chi connectivity index (χ0n) is 9.31. The predicted octanol–water partition coefficient (Wildman–Crippen LogP) is 3.99. The lowest BCUT2D eigenvalue weighted by molar-refractivity contribution is 0.0697. The largest absolute Gasteiger partial charge is 0.478 e. The number of carbonyl (C=O) groups is 1. The Morgan fingerprint density at radius 1 is 1.06 bits per heavy atom. The molecule has 0 saturated heterocycles. The van der Waals surface area contributed by atoms with Crippen LogP contribution in [0.5, 0.6) is 0 Å². The van der Waals surface area contributed by atoms with Gasteiger partial charge in [0, 0.05) is 5.56 Å². The monoisotopic (exact) mass is 248 g/mol. The molecule has 0 atom stereocenters. The molecule has 18 heavy (non-hydrogen) atoms. The molecular formula is C14H10F2O2. The van der Waals surface area contributed by atoms with E-state index >= 15 is 0 Å². The summed E-state index contributed by atoms with van der Waals surface area (Å²) in [6.07, 6.45) is -2.67. The van der Waals surface area contributed by atoms with E-state index in [0.717, 1.165) is 6.07 Å². The lowest BCUT2D eigenvalue weighted by atomic mass is 9.97. The fourth-order valence-electron chi connectivity index (χ4n) is 1.74. The zero-order valence-corrected chi connectivity index (χ0v) is 9.31. The number of carboxylic acids is 1. The van der Waals surface area contributed by atoms with Crippen LogP contribution < -0.4 is 0 Å². The number of rotatable bonds is 3. The first-order valence-electron chi connectivity index (χ1n) is 5.30. The van der Waals surface area contributed by atoms with Gasteiger partial charge in [-0.15, -0.1) is 0 Å². The van der Waals surface area contributed by atoms with Crippen LogP contribution >= 0.6 is 0 Å². The highest BCUT2D eigenvalue weighted by Crippen LogP contribution is 2.28. The maximum Gasteiger partial charge on any atom is 0.336 e. The Labute approximate surface area is 103 Å². The van der Waals surface area contributed by atoms with Gasteiger partial charge in [-0.3, -0.25) is 0 Å². The molecule has 0 aromatic heterocycles. The summed E-state index contributed by atoms with van der Waals surface area (Å²) in [6, 6.07) is 12.5. The van der Waals surface area contributed by atoms with E-state index in [2.05, 4.69) is 0 Å². The second-order valence-corrected chi connectivity index (χ2v) is 3.78. The summed E-state index contributed by atoms with van der Waals surface area (Å²) < 4.78 is 25.1. The third-order valence-corrected chi connectivity index (χ3v) is 2.61. The van der Waals surface area contributed by atoms with E-state index in [1.165, 1.54) is 12.1 Å². The predicted molar refractivity (Wildman–Crippen MR) is 63.8 cm³/mol. The summed E-state index contributed by atoms with van der Waals surface area (Å²) in [6.45, 7) is 0. The topological polar surface area (TPSA) is 37.3 Å². The number of halogens is 2. The number of alkyl halides is 2. The second kappa shape index (κ2) is 4.96. The van der Waals surface area contributed by atoms with Crippen molar-refractivity contribution in [2.75, 3.05) is 0 Å². The Morgan fingerprint density at radius 2 is 1.72 bits per heavy atom. The van der Waals surface area contributed by atoms with Gasteiger partial charge >= 0.3 is 5.97 Å². The van der Waals surface area contributed by atoms with Crippen molar-refractivity contribution in [3.8, 4) is 11.1 Å². The van der Waals surface area contributed by atoms with Gasteiger partial charge < -0.3 is 5.11 Å². The Morgan fingerprint density at radius 3 is 2.28 bits per heavy atom. The number of hydrogen-bond donors (Lipinski definition) is 1. The van der Waals surface area contributed by atoms with Crippen LogP contribution in [-0.4, -0.2) is 11.1 Å². The summed E-state index contributed by atoms with van der Waals surface area (Å²) in [5.74, 6) is -1.21. The quantitative estimate of drug-likeness (QED) is 0.891. The summed E-state index contributed by atoms with van der Waals surface area (Å²) in [5.41, 5.74) is 0.731. The summed E-state index contributed by atoms with van der Waals surface area (Å²) in [7, 11) is 0. The molecule has 0 aliphatic carbocycles. The minimum Gasteiger partial charge on any atom is -0.478 e. The number of hydrogen-bond acceptors (Lipinski definition) is 1. The molecule has 2 rings (SSSR count). The van der Waals surface area contributed by atoms with Crippen molar-refractivity contribution in [3.05, 3.63) is 59.7 Å². The normalized spacial score (nSPS) is 10.6. The molecule has 0 heterocycles. The molecule has 1 N–H and O–H groups in total. The molecule has 0 aliphatic heterocycles. The van der Waals surface area contributed by atoms with E-state index in [9.17, 15) is 13.6 Å². The van der Waals surface area contributed by atoms with Crippen molar-refractivity contribution in [2.24, 2.45) is 0 Å². The molecule has 0 spiro atoms. The molecule has 0 unspecified atom stereocenters. The van der Waals surface area contributed by atoms with Gasteiger partial charge in [-0.25, -0.2) is 13.6 Å². The Bertz CT molecular complexity index is 565. The number of aromatic carboxylic acids is 1. The highest BCUT2D eigenvalue weighted by Gasteiger charge is 2.15. The van der Waals surface area contributed by atoms with Crippen LogP contribution in [0.4, 0.5) is 8.78 Å². The summed E-state index contributed by atoms with van der Waals surface area (Å²) in [4.78, 5) is 11.1. The van der Waals surface area contributed by atoms with Crippen LogP contribution in [0.1, 0.15) is 22.3 Å². The molecular weight excluding hydrogens is 238 g/mol. The molecule has 0 bridgehead atoms. The van der Waals surface area contributed by atoms with Crippen molar-refractivity contribution in [3.63, 3.8) is 0 Å². The molecule has 2 nitrogen and oxygen atoms in total. The fourth-order valence-corrected chi connectivity index (χ4v) is 1.74. The lowest BCUT2D eigenvalue weighted by Gasteiger charge is -2.08. The minimum absolute atomic E-state index is 0.112. The molecule has 2 aromatic rings. The minimum atomic E-state index is -2.67. The van der Waals surface area contributed by atoms with E-state index in [0.29, 0.717) is 11.1 Å². The zero-order chi connectivity index (χ0) is 13.1. The first kappa shape index (κ1) is 12.2. The van der Waals surface area contributed by atoms with Crippen LogP contribution in [0, 0.1) is 0 Å². The van der Waals surface area contributed by atoms with Gasteiger partial charge in [-0.05, 0) is 17.2 Å². The van der Waals surface area contributed by atoms with E-state index in [1.54, 1.807) is 30.3 Å². The summed E-state index contributed by atoms with van der Waals surface area (Å²) >= 11 is 0. The highest BCUT2D eigenvalue weighted by atomic mass is 19.3. The van der Waals surface area contributed by atoms with Gasteiger partial charge in [0.05, 0.1) is 5.56 Å². The third-order valence-electron chi connectivity index (χ3n) is 2.61. The van der Waals surface area contributed by atoms with Crippen LogP contribution in [0.25, 0.3) is 11.1 Å². The molecule has 0 aliphatic rings. The SMILES string of the molecule is O=C(O)c1cc(C(F)F)ccc1-c1ccccc1. The standard InChI is InChI=1S/C14H10F2O2/c15-13(16)10-6-7-11(12(8-10)14(17)18)9-4-2-1-3-5-9/h1-8,13H,(H,17,18). The van der Waals surface area contributed by atoms with Gasteiger partial charge in [0.25, 0.3) is 6.43 Å². The third kappa shape index (κ3) is 2.37. The molecule has 0 radical (unpaired) electrons. The number of carboxylic acid groups (broad SMARTS) is 1. The maximum atomic E-state index is 12.6. The van der Waals surface area contributed by atoms with Crippen molar-refractivity contribution in [2.45, 2.75) is 6.43 Å². The second-order valence-electron chi connectivity index (χ2n) is 3.78. The van der Waals surface area contributed by atoms with Gasteiger partial charge in [-0.1, -0.05) is 42.5 Å². The Balaban J connectivity index is 2.58. The van der Waals surface area contributed by atoms with Crippen LogP contribution in [-0.2, 0) is 0 Å². The van der Waals surface area contributed by atoms with Gasteiger partial charge in [0.1, 0.15) is 0 Å². The van der Waals surface area contributed by atoms with E-state index in [4.69, 9.17) is 5.11 Å². The fraction of sp³-hybridized carbons (Fsp3) is 0.0714. The lowest BCUT2D eigenvalue weighted by Crippen LogP contribution is -2.01. The average Bonchev–Trinajstić information content (AvgIpc) is 2.39. The molecule has 2 aromatic carbocycles. The number of benzene rings is 2. The first-order valence-corrected chi connectivity index (χ1v) is 5.30. The first-order chi connectivity index (χ1) is 8.59. The van der Waals surface area contributed by atoms with E-state index in [1.807, 2.05) is 0 Å². The summed E-state index contributed by atoms with van der Waals surface area (Å²) in [5, 5.41) is 9.09. The van der Waals surface area contributed by atoms with Crippen LogP contribution in [0.3, 0.4) is 0 Å². The van der Waals surface area contributed by atoms with E-state index in [-0.39, 0.29) is 11.1 Å².